The molecule has 15 heteroatoms. The summed E-state index contributed by atoms with van der Waals surface area (Å²) >= 11 is 0. The minimum absolute atomic E-state index is 0.0877. The lowest BCUT2D eigenvalue weighted by Crippen LogP contribution is -2.42. The first-order valence-electron chi connectivity index (χ1n) is 12.9. The highest BCUT2D eigenvalue weighted by atomic mass is 19.4. The summed E-state index contributed by atoms with van der Waals surface area (Å²) in [6, 6.07) is 3.67. The van der Waals surface area contributed by atoms with Crippen molar-refractivity contribution < 1.29 is 32.2 Å². The van der Waals surface area contributed by atoms with E-state index in [1.165, 1.54) is 12.4 Å². The number of hydrogen-bond acceptors (Lipinski definition) is 10. The average molecular weight is 565 g/mol. The van der Waals surface area contributed by atoms with E-state index in [-0.39, 0.29) is 29.8 Å². The minimum atomic E-state index is -4.69. The quantitative estimate of drug-likeness (QED) is 0.440. The number of benzene rings is 1. The second-order valence-electron chi connectivity index (χ2n) is 10.0. The summed E-state index contributed by atoms with van der Waals surface area (Å²) in [4.78, 5) is 25.3. The number of nitrogens with one attached hydrogen (secondary N) is 1. The molecule has 2 aliphatic heterocycles. The SMILES string of the molecule is CC(OC(=O)Nc1ccc(-c2nn(CCN3CCC(N(C)C)CC3)c3ncnc(N)c23)c2c1OCO2)C(F)(F)F. The number of fused-ring (bicyclic) bond motifs is 2. The van der Waals surface area contributed by atoms with E-state index in [9.17, 15) is 18.0 Å². The Labute approximate surface area is 228 Å². The van der Waals surface area contributed by atoms with Crippen LogP contribution >= 0.6 is 0 Å². The molecule has 2 aromatic heterocycles. The van der Waals surface area contributed by atoms with Gasteiger partial charge in [-0.25, -0.2) is 19.4 Å². The van der Waals surface area contributed by atoms with Crippen LogP contribution in [0.3, 0.4) is 0 Å². The number of halogens is 3. The van der Waals surface area contributed by atoms with E-state index >= 15 is 0 Å². The number of rotatable bonds is 7. The summed E-state index contributed by atoms with van der Waals surface area (Å²) in [6.07, 6.45) is -4.67. The van der Waals surface area contributed by atoms with E-state index in [0.717, 1.165) is 39.4 Å². The van der Waals surface area contributed by atoms with E-state index in [1.54, 1.807) is 10.7 Å². The first kappa shape index (κ1) is 27.7. The molecule has 5 rings (SSSR count). The van der Waals surface area contributed by atoms with E-state index in [4.69, 9.17) is 20.3 Å². The van der Waals surface area contributed by atoms with Crippen molar-refractivity contribution in [1.82, 2.24) is 29.5 Å². The molecule has 0 saturated carbocycles. The van der Waals surface area contributed by atoms with Crippen LogP contribution in [0.2, 0.25) is 0 Å². The lowest BCUT2D eigenvalue weighted by molar-refractivity contribution is -0.196. The maximum atomic E-state index is 12.8. The number of carbonyl (C=O) groups is 1. The molecule has 12 nitrogen and oxygen atoms in total. The van der Waals surface area contributed by atoms with Crippen molar-refractivity contribution in [1.29, 1.82) is 0 Å². The number of alkyl halides is 3. The van der Waals surface area contributed by atoms with Crippen molar-refractivity contribution in [2.24, 2.45) is 0 Å². The van der Waals surface area contributed by atoms with Gasteiger partial charge in [-0.3, -0.25) is 5.32 Å². The van der Waals surface area contributed by atoms with Gasteiger partial charge in [-0.2, -0.15) is 18.3 Å². The molecule has 40 heavy (non-hydrogen) atoms. The minimum Gasteiger partial charge on any atom is -0.453 e. The molecule has 3 aromatic rings. The van der Waals surface area contributed by atoms with Crippen LogP contribution in [-0.4, -0.2) is 94.5 Å². The Kier molecular flexibility index (Phi) is 7.59. The lowest BCUT2D eigenvalue weighted by atomic mass is 10.0. The van der Waals surface area contributed by atoms with Crippen LogP contribution in [0.5, 0.6) is 11.5 Å². The Bertz CT molecular complexity index is 1390. The van der Waals surface area contributed by atoms with Crippen LogP contribution in [0.4, 0.5) is 29.5 Å². The number of amides is 1. The molecule has 1 fully saturated rings. The van der Waals surface area contributed by atoms with Gasteiger partial charge in [-0.15, -0.1) is 0 Å². The maximum absolute atomic E-state index is 12.8. The van der Waals surface area contributed by atoms with Gasteiger partial charge in [0, 0.05) is 18.2 Å². The molecule has 1 saturated heterocycles. The van der Waals surface area contributed by atoms with E-state index in [0.29, 0.717) is 34.9 Å². The highest BCUT2D eigenvalue weighted by molar-refractivity contribution is 6.01. The van der Waals surface area contributed by atoms with Gasteiger partial charge < -0.3 is 29.7 Å². The normalized spacial score (nSPS) is 17.0. The third-order valence-corrected chi connectivity index (χ3v) is 7.23. The van der Waals surface area contributed by atoms with Crippen molar-refractivity contribution in [2.75, 3.05) is 51.6 Å². The molecular formula is C25H31F3N8O4. The predicted molar refractivity (Wildman–Crippen MR) is 140 cm³/mol. The van der Waals surface area contributed by atoms with Gasteiger partial charge in [0.15, 0.2) is 23.3 Å². The van der Waals surface area contributed by atoms with Crippen LogP contribution < -0.4 is 20.5 Å². The number of likely N-dealkylation sites (tertiary alicyclic amines) is 1. The molecule has 1 unspecified atom stereocenters. The van der Waals surface area contributed by atoms with Crippen molar-refractivity contribution in [3.8, 4) is 22.8 Å². The number of aromatic nitrogens is 4. The number of carbonyl (C=O) groups excluding carboxylic acids is 1. The number of nitrogens with two attached hydrogens (primary N) is 1. The number of hydrogen-bond donors (Lipinski definition) is 2. The summed E-state index contributed by atoms with van der Waals surface area (Å²) in [7, 11) is 4.21. The molecular weight excluding hydrogens is 533 g/mol. The Morgan fingerprint density at radius 3 is 2.62 bits per heavy atom. The Morgan fingerprint density at radius 2 is 1.93 bits per heavy atom. The Morgan fingerprint density at radius 1 is 1.20 bits per heavy atom. The standard InChI is InChI=1S/C25H31F3N8O4/c1-14(25(26,27)28)40-24(37)32-17-5-4-16(20-21(17)39-13-38-20)19-18-22(29)30-12-31-23(18)36(33-19)11-10-35-8-6-15(7-9-35)34(2)3/h4-5,12,14-15H,6-11,13H2,1-3H3,(H,32,37)(H2,29,30,31). The molecule has 0 radical (unpaired) electrons. The third-order valence-electron chi connectivity index (χ3n) is 7.23. The Balaban J connectivity index is 1.40. The second kappa shape index (κ2) is 11.0. The topological polar surface area (TPSA) is 133 Å². The highest BCUT2D eigenvalue weighted by Gasteiger charge is 2.39. The van der Waals surface area contributed by atoms with Gasteiger partial charge in [-0.05, 0) is 59.1 Å². The molecule has 1 aromatic carbocycles. The van der Waals surface area contributed by atoms with E-state index in [2.05, 4.69) is 43.9 Å². The molecule has 2 aliphatic rings. The zero-order valence-electron chi connectivity index (χ0n) is 22.4. The van der Waals surface area contributed by atoms with Crippen molar-refractivity contribution in [3.63, 3.8) is 0 Å². The number of anilines is 2. The number of nitrogens with zero attached hydrogens (tertiary/aromatic N) is 6. The molecule has 0 spiro atoms. The van der Waals surface area contributed by atoms with Crippen LogP contribution in [0.25, 0.3) is 22.3 Å². The van der Waals surface area contributed by atoms with Gasteiger partial charge in [-0.1, -0.05) is 0 Å². The van der Waals surface area contributed by atoms with Gasteiger partial charge in [0.2, 0.25) is 6.79 Å². The van der Waals surface area contributed by atoms with Crippen molar-refractivity contribution in [3.05, 3.63) is 18.5 Å². The van der Waals surface area contributed by atoms with Crippen LogP contribution in [-0.2, 0) is 11.3 Å². The molecule has 1 amide bonds. The first-order chi connectivity index (χ1) is 19.0. The predicted octanol–water partition coefficient (Wildman–Crippen LogP) is 3.33. The number of ether oxygens (including phenoxy) is 3. The first-order valence-corrected chi connectivity index (χ1v) is 12.9. The van der Waals surface area contributed by atoms with Crippen molar-refractivity contribution in [2.45, 2.75) is 44.6 Å². The average Bonchev–Trinajstić information content (AvgIpc) is 3.54. The number of piperidine rings is 1. The molecule has 3 N–H and O–H groups in total. The van der Waals surface area contributed by atoms with Crippen LogP contribution in [0.15, 0.2) is 18.5 Å². The third kappa shape index (κ3) is 5.56. The smallest absolute Gasteiger partial charge is 0.425 e. The summed E-state index contributed by atoms with van der Waals surface area (Å²) < 4.78 is 55.8. The summed E-state index contributed by atoms with van der Waals surface area (Å²) in [5.74, 6) is 0.621. The van der Waals surface area contributed by atoms with Crippen LogP contribution in [0, 0.1) is 0 Å². The van der Waals surface area contributed by atoms with E-state index < -0.39 is 18.4 Å². The largest absolute Gasteiger partial charge is 0.453 e. The van der Waals surface area contributed by atoms with Gasteiger partial charge in [0.25, 0.3) is 0 Å². The fourth-order valence-corrected chi connectivity index (χ4v) is 4.92. The Hall–Kier alpha value is -3.85. The number of nitrogen functional groups attached to an aromatic ring is 1. The summed E-state index contributed by atoms with van der Waals surface area (Å²) in [5, 5.41) is 7.64. The highest BCUT2D eigenvalue weighted by Crippen LogP contribution is 2.47. The fraction of sp³-hybridized carbons (Fsp3) is 0.520. The summed E-state index contributed by atoms with van der Waals surface area (Å²) in [5.41, 5.74) is 7.87. The summed E-state index contributed by atoms with van der Waals surface area (Å²) in [6.45, 7) is 3.91. The molecule has 1 atom stereocenters. The van der Waals surface area contributed by atoms with Gasteiger partial charge in [0.1, 0.15) is 17.8 Å². The fourth-order valence-electron chi connectivity index (χ4n) is 4.92. The van der Waals surface area contributed by atoms with Crippen molar-refractivity contribution >= 4 is 28.6 Å². The molecule has 0 aliphatic carbocycles. The van der Waals surface area contributed by atoms with E-state index in [1.807, 2.05) is 0 Å². The molecule has 216 valence electrons. The second-order valence-corrected chi connectivity index (χ2v) is 10.0. The maximum Gasteiger partial charge on any atom is 0.425 e. The zero-order valence-corrected chi connectivity index (χ0v) is 22.4. The van der Waals surface area contributed by atoms with Gasteiger partial charge in [0.05, 0.1) is 17.6 Å². The van der Waals surface area contributed by atoms with Gasteiger partial charge >= 0.3 is 12.3 Å². The monoisotopic (exact) mass is 564 g/mol. The lowest BCUT2D eigenvalue weighted by Gasteiger charge is -2.35. The zero-order chi connectivity index (χ0) is 28.6. The molecule has 0 bridgehead atoms. The molecule has 4 heterocycles. The van der Waals surface area contributed by atoms with Crippen LogP contribution in [0.1, 0.15) is 19.8 Å².